The number of nitrogens with one attached hydrogen (secondary N) is 1. The van der Waals surface area contributed by atoms with Crippen LogP contribution in [0.4, 0.5) is 0 Å². The van der Waals surface area contributed by atoms with Crippen LogP contribution in [0.5, 0.6) is 11.5 Å². The Hall–Kier alpha value is -3.13. The van der Waals surface area contributed by atoms with Crippen molar-refractivity contribution in [3.63, 3.8) is 0 Å². The Morgan fingerprint density at radius 3 is 2.74 bits per heavy atom. The molecule has 1 aromatic heterocycles. The molecule has 0 atom stereocenters. The van der Waals surface area contributed by atoms with Gasteiger partial charge < -0.3 is 14.0 Å². The number of benzene rings is 2. The molecule has 0 saturated carbocycles. The van der Waals surface area contributed by atoms with Crippen LogP contribution in [0.25, 0.3) is 11.3 Å². The first kappa shape index (κ1) is 17.3. The van der Waals surface area contributed by atoms with E-state index in [2.05, 4.69) is 31.6 Å². The molecule has 0 aliphatic carbocycles. The molecule has 0 radical (unpaired) electrons. The number of ether oxygens (including phenoxy) is 2. The molecule has 1 N–H and O–H groups in total. The molecule has 1 amide bonds. The highest BCUT2D eigenvalue weighted by molar-refractivity contribution is 9.10. The summed E-state index contributed by atoms with van der Waals surface area (Å²) in [5.74, 6) is 1.31. The van der Waals surface area contributed by atoms with Gasteiger partial charge in [-0.2, -0.15) is 5.10 Å². The number of hydrazone groups is 1. The molecular formula is C19H14BrN3O4. The van der Waals surface area contributed by atoms with Crippen LogP contribution in [0.3, 0.4) is 0 Å². The van der Waals surface area contributed by atoms with E-state index in [9.17, 15) is 4.79 Å². The molecule has 3 aromatic rings. The van der Waals surface area contributed by atoms with E-state index < -0.39 is 5.91 Å². The highest BCUT2D eigenvalue weighted by atomic mass is 79.9. The second-order valence-corrected chi connectivity index (χ2v) is 6.61. The number of aryl methyl sites for hydroxylation is 1. The lowest BCUT2D eigenvalue weighted by Gasteiger charge is -2.03. The number of rotatable bonds is 4. The van der Waals surface area contributed by atoms with Gasteiger partial charge in [0.1, 0.15) is 17.0 Å². The van der Waals surface area contributed by atoms with E-state index in [1.807, 2.05) is 30.3 Å². The number of carbonyl (C=O) groups excluding carboxylic acids is 1. The van der Waals surface area contributed by atoms with Crippen LogP contribution < -0.4 is 14.9 Å². The van der Waals surface area contributed by atoms with Crippen molar-refractivity contribution in [3.8, 4) is 22.8 Å². The quantitative estimate of drug-likeness (QED) is 0.503. The van der Waals surface area contributed by atoms with Gasteiger partial charge in [0.2, 0.25) is 6.79 Å². The van der Waals surface area contributed by atoms with Crippen molar-refractivity contribution in [3.05, 3.63) is 63.8 Å². The Kier molecular flexibility index (Phi) is 4.64. The Bertz CT molecular complexity index is 1030. The van der Waals surface area contributed by atoms with Crippen molar-refractivity contribution >= 4 is 28.1 Å². The molecule has 0 fully saturated rings. The van der Waals surface area contributed by atoms with Crippen molar-refractivity contribution in [2.24, 2.45) is 5.10 Å². The zero-order valence-electron chi connectivity index (χ0n) is 14.2. The van der Waals surface area contributed by atoms with Crippen molar-refractivity contribution in [2.45, 2.75) is 6.92 Å². The summed E-state index contributed by atoms with van der Waals surface area (Å²) in [5.41, 5.74) is 4.88. The normalized spacial score (nSPS) is 12.5. The van der Waals surface area contributed by atoms with Crippen LogP contribution >= 0.6 is 15.9 Å². The van der Waals surface area contributed by atoms with Gasteiger partial charge in [-0.3, -0.25) is 4.79 Å². The first-order chi connectivity index (χ1) is 13.1. The third-order valence-electron chi connectivity index (χ3n) is 4.00. The van der Waals surface area contributed by atoms with Crippen LogP contribution in [-0.2, 0) is 0 Å². The van der Waals surface area contributed by atoms with E-state index in [1.165, 1.54) is 6.21 Å². The van der Waals surface area contributed by atoms with Gasteiger partial charge in [-0.1, -0.05) is 35.5 Å². The maximum atomic E-state index is 12.6. The Morgan fingerprint density at radius 2 is 1.96 bits per heavy atom. The van der Waals surface area contributed by atoms with Crippen molar-refractivity contribution in [1.82, 2.24) is 10.6 Å². The van der Waals surface area contributed by atoms with Gasteiger partial charge in [0.25, 0.3) is 5.91 Å². The molecule has 0 spiro atoms. The number of halogens is 1. The number of aromatic nitrogens is 1. The zero-order valence-corrected chi connectivity index (χ0v) is 15.8. The number of fused-ring (bicyclic) bond motifs is 1. The average molecular weight is 428 g/mol. The smallest absolute Gasteiger partial charge is 0.277 e. The second kappa shape index (κ2) is 7.24. The first-order valence-electron chi connectivity index (χ1n) is 8.07. The van der Waals surface area contributed by atoms with E-state index >= 15 is 0 Å². The predicted octanol–water partition coefficient (Wildman–Crippen LogP) is 3.91. The summed E-state index contributed by atoms with van der Waals surface area (Å²) in [4.78, 5) is 12.6. The van der Waals surface area contributed by atoms with E-state index in [0.29, 0.717) is 28.5 Å². The summed E-state index contributed by atoms with van der Waals surface area (Å²) >= 11 is 3.45. The fraction of sp³-hybridized carbons (Fsp3) is 0.105. The van der Waals surface area contributed by atoms with Crippen molar-refractivity contribution < 1.29 is 18.8 Å². The summed E-state index contributed by atoms with van der Waals surface area (Å²) < 4.78 is 16.6. The third kappa shape index (κ3) is 3.43. The summed E-state index contributed by atoms with van der Waals surface area (Å²) in [6.45, 7) is 1.88. The van der Waals surface area contributed by atoms with Crippen LogP contribution in [0.2, 0.25) is 0 Å². The third-order valence-corrected chi connectivity index (χ3v) is 4.69. The van der Waals surface area contributed by atoms with Gasteiger partial charge in [-0.25, -0.2) is 5.43 Å². The van der Waals surface area contributed by atoms with Gasteiger partial charge >= 0.3 is 0 Å². The molecule has 27 heavy (non-hydrogen) atoms. The highest BCUT2D eigenvalue weighted by Crippen LogP contribution is 2.36. The lowest BCUT2D eigenvalue weighted by molar-refractivity contribution is 0.0954. The summed E-state index contributed by atoms with van der Waals surface area (Å²) in [6, 6.07) is 12.9. The molecule has 0 saturated heterocycles. The SMILES string of the molecule is Cc1onc(-c2ccccc2)c1C(=O)N/N=C\c1cc2c(cc1Br)OCO2. The van der Waals surface area contributed by atoms with Gasteiger partial charge in [0.05, 0.1) is 6.21 Å². The minimum absolute atomic E-state index is 0.189. The highest BCUT2D eigenvalue weighted by Gasteiger charge is 2.21. The van der Waals surface area contributed by atoms with Crippen LogP contribution in [0.15, 0.2) is 56.6 Å². The maximum Gasteiger partial charge on any atom is 0.277 e. The standard InChI is InChI=1S/C19H14BrN3O4/c1-11-17(18(23-27-11)12-5-3-2-4-6-12)19(24)22-21-9-13-7-15-16(8-14(13)20)26-10-25-15/h2-9H,10H2,1H3,(H,22,24)/b21-9-. The van der Waals surface area contributed by atoms with E-state index in [-0.39, 0.29) is 6.79 Å². The van der Waals surface area contributed by atoms with E-state index in [4.69, 9.17) is 14.0 Å². The van der Waals surface area contributed by atoms with E-state index in [0.717, 1.165) is 15.6 Å². The van der Waals surface area contributed by atoms with Crippen LogP contribution in [0, 0.1) is 6.92 Å². The predicted molar refractivity (Wildman–Crippen MR) is 102 cm³/mol. The van der Waals surface area contributed by atoms with E-state index in [1.54, 1.807) is 19.1 Å². The van der Waals surface area contributed by atoms with Gasteiger partial charge in [-0.05, 0) is 35.0 Å². The Morgan fingerprint density at radius 1 is 1.22 bits per heavy atom. The van der Waals surface area contributed by atoms with Gasteiger partial charge in [0.15, 0.2) is 11.5 Å². The lowest BCUT2D eigenvalue weighted by Crippen LogP contribution is -2.18. The molecule has 7 nitrogen and oxygen atoms in total. The largest absolute Gasteiger partial charge is 0.454 e. The van der Waals surface area contributed by atoms with Crippen molar-refractivity contribution in [2.75, 3.05) is 6.79 Å². The molecular weight excluding hydrogens is 414 g/mol. The zero-order chi connectivity index (χ0) is 18.8. The van der Waals surface area contributed by atoms with Gasteiger partial charge in [-0.15, -0.1) is 0 Å². The fourth-order valence-electron chi connectivity index (χ4n) is 2.68. The molecule has 0 bridgehead atoms. The van der Waals surface area contributed by atoms with Gasteiger partial charge in [0, 0.05) is 15.6 Å². The number of amides is 1. The summed E-state index contributed by atoms with van der Waals surface area (Å²) in [7, 11) is 0. The molecule has 8 heteroatoms. The lowest BCUT2D eigenvalue weighted by atomic mass is 10.1. The monoisotopic (exact) mass is 427 g/mol. The first-order valence-corrected chi connectivity index (χ1v) is 8.87. The molecule has 136 valence electrons. The van der Waals surface area contributed by atoms with Crippen LogP contribution in [0.1, 0.15) is 21.7 Å². The molecule has 2 heterocycles. The average Bonchev–Trinajstić information content (AvgIpc) is 3.28. The molecule has 1 aliphatic heterocycles. The fourth-order valence-corrected chi connectivity index (χ4v) is 3.11. The summed E-state index contributed by atoms with van der Waals surface area (Å²) in [6.07, 6.45) is 1.52. The molecule has 1 aliphatic rings. The van der Waals surface area contributed by atoms with Crippen LogP contribution in [-0.4, -0.2) is 24.1 Å². The minimum atomic E-state index is -0.402. The number of nitrogens with zero attached hydrogens (tertiary/aromatic N) is 2. The van der Waals surface area contributed by atoms with Crippen molar-refractivity contribution in [1.29, 1.82) is 0 Å². The second-order valence-electron chi connectivity index (χ2n) is 5.75. The Labute approximate surface area is 163 Å². The number of hydrogen-bond donors (Lipinski definition) is 1. The summed E-state index contributed by atoms with van der Waals surface area (Å²) in [5, 5.41) is 8.04. The minimum Gasteiger partial charge on any atom is -0.454 e. The molecule has 2 aromatic carbocycles. The number of hydrogen-bond acceptors (Lipinski definition) is 6. The topological polar surface area (TPSA) is 86.0 Å². The Balaban J connectivity index is 1.54. The molecule has 4 rings (SSSR count). The molecule has 0 unspecified atom stereocenters. The maximum absolute atomic E-state index is 12.6. The number of carbonyl (C=O) groups is 1.